The van der Waals surface area contributed by atoms with Crippen LogP contribution in [0.25, 0.3) is 21.8 Å². The maximum absolute atomic E-state index is 12.9. The van der Waals surface area contributed by atoms with E-state index in [-0.39, 0.29) is 0 Å². The van der Waals surface area contributed by atoms with E-state index in [9.17, 15) is 8.42 Å². The highest BCUT2D eigenvalue weighted by atomic mass is 32.2. The molecule has 1 aromatic carbocycles. The van der Waals surface area contributed by atoms with Gasteiger partial charge in [-0.1, -0.05) is 6.07 Å². The molecule has 4 aromatic rings. The summed E-state index contributed by atoms with van der Waals surface area (Å²) < 4.78 is 35.6. The Bertz CT molecular complexity index is 1370. The van der Waals surface area contributed by atoms with Crippen molar-refractivity contribution in [3.05, 3.63) is 47.6 Å². The molecule has 31 heavy (non-hydrogen) atoms. The molecule has 5 rings (SSSR count). The molecule has 9 heteroatoms. The molecular formula is C22H24N4O3S2. The number of rotatable bonds is 4. The van der Waals surface area contributed by atoms with Gasteiger partial charge in [-0.3, -0.25) is 4.98 Å². The van der Waals surface area contributed by atoms with Crippen LogP contribution in [0.15, 0.2) is 46.1 Å². The van der Waals surface area contributed by atoms with Crippen LogP contribution >= 0.6 is 11.3 Å². The van der Waals surface area contributed by atoms with Crippen molar-refractivity contribution in [1.82, 2.24) is 13.9 Å². The molecule has 3 aromatic heterocycles. The number of hydrogen-bond acceptors (Lipinski definition) is 6. The van der Waals surface area contributed by atoms with E-state index < -0.39 is 10.0 Å². The van der Waals surface area contributed by atoms with Crippen LogP contribution in [0.5, 0.6) is 5.75 Å². The summed E-state index contributed by atoms with van der Waals surface area (Å²) in [7, 11) is 0.305. The molecule has 1 aliphatic heterocycles. The van der Waals surface area contributed by atoms with Crippen molar-refractivity contribution < 1.29 is 13.2 Å². The number of sulfonamides is 1. The maximum Gasteiger partial charge on any atom is 0.252 e. The molecule has 7 nitrogen and oxygen atoms in total. The van der Waals surface area contributed by atoms with Crippen LogP contribution in [0.3, 0.4) is 0 Å². The molecule has 0 unspecified atom stereocenters. The fourth-order valence-electron chi connectivity index (χ4n) is 4.49. The number of benzene rings is 1. The fraction of sp³-hybridized carbons (Fsp3) is 0.318. The Hall–Kier alpha value is -2.62. The van der Waals surface area contributed by atoms with Crippen molar-refractivity contribution in [1.29, 1.82) is 0 Å². The van der Waals surface area contributed by atoms with Gasteiger partial charge in [0.15, 0.2) is 0 Å². The van der Waals surface area contributed by atoms with E-state index in [0.29, 0.717) is 30.4 Å². The Morgan fingerprint density at radius 3 is 2.55 bits per heavy atom. The molecule has 1 aliphatic rings. The molecule has 4 heterocycles. The number of piperazine rings is 1. The summed E-state index contributed by atoms with van der Waals surface area (Å²) in [5, 5.41) is 4.10. The number of fused-ring (bicyclic) bond motifs is 3. The van der Waals surface area contributed by atoms with Crippen LogP contribution in [0.2, 0.25) is 0 Å². The van der Waals surface area contributed by atoms with E-state index in [0.717, 1.165) is 38.9 Å². The second-order valence-electron chi connectivity index (χ2n) is 7.72. The Labute approximate surface area is 185 Å². The average molecular weight is 457 g/mol. The van der Waals surface area contributed by atoms with Crippen molar-refractivity contribution >= 4 is 48.9 Å². The average Bonchev–Trinajstić information content (AvgIpc) is 3.42. The minimum atomic E-state index is -3.42. The zero-order valence-electron chi connectivity index (χ0n) is 17.7. The van der Waals surface area contributed by atoms with Crippen molar-refractivity contribution in [2.45, 2.75) is 11.1 Å². The maximum atomic E-state index is 12.9. The molecule has 1 fully saturated rings. The highest BCUT2D eigenvalue weighted by Crippen LogP contribution is 2.39. The molecule has 0 amide bonds. The number of aromatic nitrogens is 2. The zero-order valence-corrected chi connectivity index (χ0v) is 19.3. The van der Waals surface area contributed by atoms with Gasteiger partial charge in [0.05, 0.1) is 29.5 Å². The van der Waals surface area contributed by atoms with E-state index in [2.05, 4.69) is 26.6 Å². The normalized spacial score (nSPS) is 15.8. The largest absolute Gasteiger partial charge is 0.495 e. The first-order valence-corrected chi connectivity index (χ1v) is 12.4. The number of aryl methyl sites for hydroxylation is 2. The predicted octanol–water partition coefficient (Wildman–Crippen LogP) is 3.62. The lowest BCUT2D eigenvalue weighted by molar-refractivity contribution is 0.379. The summed E-state index contributed by atoms with van der Waals surface area (Å²) in [6.07, 6.45) is 1.84. The van der Waals surface area contributed by atoms with Crippen LogP contribution in [0, 0.1) is 6.92 Å². The second-order valence-corrected chi connectivity index (χ2v) is 10.8. The summed E-state index contributed by atoms with van der Waals surface area (Å²) in [5.41, 5.74) is 4.18. The lowest BCUT2D eigenvalue weighted by Gasteiger charge is -2.35. The number of anilines is 1. The number of nitrogens with zero attached hydrogens (tertiary/aromatic N) is 4. The number of hydrogen-bond donors (Lipinski definition) is 0. The van der Waals surface area contributed by atoms with Crippen LogP contribution in [-0.4, -0.2) is 55.6 Å². The topological polar surface area (TPSA) is 67.7 Å². The Morgan fingerprint density at radius 2 is 1.87 bits per heavy atom. The molecule has 0 bridgehead atoms. The fourth-order valence-corrected chi connectivity index (χ4v) is 7.05. The number of methoxy groups -OCH3 is 1. The highest BCUT2D eigenvalue weighted by molar-refractivity contribution is 7.91. The van der Waals surface area contributed by atoms with Gasteiger partial charge in [0.1, 0.15) is 9.96 Å². The number of ether oxygens (including phenoxy) is 1. The third-order valence-corrected chi connectivity index (χ3v) is 9.33. The molecule has 0 aliphatic carbocycles. The first kappa shape index (κ1) is 20.3. The van der Waals surface area contributed by atoms with Gasteiger partial charge in [0, 0.05) is 56.3 Å². The van der Waals surface area contributed by atoms with Gasteiger partial charge < -0.3 is 14.2 Å². The van der Waals surface area contributed by atoms with Crippen LogP contribution in [0.4, 0.5) is 5.69 Å². The molecule has 0 N–H and O–H groups in total. The second kappa shape index (κ2) is 7.51. The Balaban J connectivity index is 1.51. The summed E-state index contributed by atoms with van der Waals surface area (Å²) in [5.74, 6) is 0.790. The Morgan fingerprint density at radius 1 is 1.10 bits per heavy atom. The summed E-state index contributed by atoms with van der Waals surface area (Å²) in [6, 6.07) is 9.72. The van der Waals surface area contributed by atoms with E-state index in [1.807, 2.05) is 26.2 Å². The SMILES string of the molecule is COc1cc2c(cc1N1CCN(S(=O)(=O)c3cccs3)CC1)c1ccnc(C)c1n2C. The first-order chi connectivity index (χ1) is 14.9. The van der Waals surface area contributed by atoms with E-state index in [4.69, 9.17) is 4.74 Å². The minimum Gasteiger partial charge on any atom is -0.495 e. The third kappa shape index (κ3) is 3.19. The van der Waals surface area contributed by atoms with E-state index >= 15 is 0 Å². The third-order valence-electron chi connectivity index (χ3n) is 6.06. The van der Waals surface area contributed by atoms with Crippen LogP contribution < -0.4 is 9.64 Å². The summed E-state index contributed by atoms with van der Waals surface area (Å²) in [4.78, 5) is 6.66. The molecule has 0 saturated carbocycles. The molecular weight excluding hydrogens is 432 g/mol. The van der Waals surface area contributed by atoms with Gasteiger partial charge in [0.25, 0.3) is 10.0 Å². The van der Waals surface area contributed by atoms with Gasteiger partial charge in [-0.15, -0.1) is 11.3 Å². The highest BCUT2D eigenvalue weighted by Gasteiger charge is 2.30. The minimum absolute atomic E-state index is 0.402. The Kier molecular flexibility index (Phi) is 4.91. The molecule has 162 valence electrons. The van der Waals surface area contributed by atoms with Crippen molar-refractivity contribution in [2.75, 3.05) is 38.2 Å². The summed E-state index contributed by atoms with van der Waals surface area (Å²) >= 11 is 1.26. The van der Waals surface area contributed by atoms with Gasteiger partial charge >= 0.3 is 0 Å². The molecule has 0 radical (unpaired) electrons. The number of pyridine rings is 1. The van der Waals surface area contributed by atoms with Crippen LogP contribution in [0.1, 0.15) is 5.69 Å². The van der Waals surface area contributed by atoms with Gasteiger partial charge in [-0.05, 0) is 30.5 Å². The van der Waals surface area contributed by atoms with Gasteiger partial charge in [-0.25, -0.2) is 8.42 Å². The monoisotopic (exact) mass is 456 g/mol. The zero-order chi connectivity index (χ0) is 21.8. The van der Waals surface area contributed by atoms with Gasteiger partial charge in [-0.2, -0.15) is 4.31 Å². The lowest BCUT2D eigenvalue weighted by atomic mass is 10.1. The standard InChI is InChI=1S/C22H24N4O3S2/c1-15-22-16(6-7-23-15)17-13-19(20(29-3)14-18(17)24(22)2)25-8-10-26(11-9-25)31(27,28)21-5-4-12-30-21/h4-7,12-14H,8-11H2,1-3H3. The summed E-state index contributed by atoms with van der Waals surface area (Å²) in [6.45, 7) is 4.13. The lowest BCUT2D eigenvalue weighted by Crippen LogP contribution is -2.48. The first-order valence-electron chi connectivity index (χ1n) is 10.1. The quantitative estimate of drug-likeness (QED) is 0.469. The van der Waals surface area contributed by atoms with Crippen molar-refractivity contribution in [3.8, 4) is 5.75 Å². The van der Waals surface area contributed by atoms with Gasteiger partial charge in [0.2, 0.25) is 0 Å². The smallest absolute Gasteiger partial charge is 0.252 e. The molecule has 1 saturated heterocycles. The number of thiophene rings is 1. The van der Waals surface area contributed by atoms with Crippen molar-refractivity contribution in [2.24, 2.45) is 7.05 Å². The van der Waals surface area contributed by atoms with Crippen molar-refractivity contribution in [3.63, 3.8) is 0 Å². The van der Waals surface area contributed by atoms with Crippen LogP contribution in [-0.2, 0) is 17.1 Å². The van der Waals surface area contributed by atoms with E-state index in [1.54, 1.807) is 28.9 Å². The molecule has 0 spiro atoms. The predicted molar refractivity (Wildman–Crippen MR) is 125 cm³/mol. The van der Waals surface area contributed by atoms with E-state index in [1.165, 1.54) is 11.3 Å². The molecule has 0 atom stereocenters.